The molecule has 2 aromatic carbocycles. The first-order chi connectivity index (χ1) is 17.6. The Balaban J connectivity index is 1.54. The molecule has 37 heavy (non-hydrogen) atoms. The van der Waals surface area contributed by atoms with Crippen molar-refractivity contribution < 1.29 is 22.5 Å². The molecule has 200 valence electrons. The fraction of sp³-hybridized carbons (Fsp3) is 0.375. The van der Waals surface area contributed by atoms with Gasteiger partial charge in [0.05, 0.1) is 35.4 Å². The zero-order chi connectivity index (χ0) is 26.8. The summed E-state index contributed by atoms with van der Waals surface area (Å²) in [5.74, 6) is 0.212. The molecule has 1 atom stereocenters. The van der Waals surface area contributed by atoms with E-state index in [4.69, 9.17) is 44.2 Å². The van der Waals surface area contributed by atoms with E-state index in [2.05, 4.69) is 19.7 Å². The minimum Gasteiger partial charge on any atom is -0.493 e. The van der Waals surface area contributed by atoms with Crippen LogP contribution in [0.1, 0.15) is 46.9 Å². The Hall–Kier alpha value is -2.21. The highest BCUT2D eigenvalue weighted by Crippen LogP contribution is 2.23. The van der Waals surface area contributed by atoms with Crippen LogP contribution in [0.4, 0.5) is 0 Å². The van der Waals surface area contributed by atoms with Gasteiger partial charge in [0, 0.05) is 13.0 Å². The molecule has 0 aliphatic carbocycles. The van der Waals surface area contributed by atoms with Gasteiger partial charge in [0.15, 0.2) is 0 Å². The summed E-state index contributed by atoms with van der Waals surface area (Å²) in [6, 6.07) is 11.9. The van der Waals surface area contributed by atoms with Crippen LogP contribution in [-0.4, -0.2) is 49.8 Å². The van der Waals surface area contributed by atoms with E-state index in [9.17, 15) is 13.2 Å². The maximum Gasteiger partial charge on any atom is 0.240 e. The summed E-state index contributed by atoms with van der Waals surface area (Å²) >= 11 is 17.4. The van der Waals surface area contributed by atoms with Crippen molar-refractivity contribution in [3.05, 3.63) is 75.4 Å². The summed E-state index contributed by atoms with van der Waals surface area (Å²) in [7, 11) is -3.61. The van der Waals surface area contributed by atoms with Gasteiger partial charge in [-0.05, 0) is 60.0 Å². The van der Waals surface area contributed by atoms with Gasteiger partial charge in [-0.15, -0.1) is 0 Å². The van der Waals surface area contributed by atoms with E-state index in [0.29, 0.717) is 54.6 Å². The summed E-state index contributed by atoms with van der Waals surface area (Å²) < 4.78 is 36.8. The third kappa shape index (κ3) is 9.88. The molecule has 0 aliphatic heterocycles. The van der Waals surface area contributed by atoms with Gasteiger partial charge in [-0.3, -0.25) is 4.79 Å². The van der Waals surface area contributed by atoms with Crippen molar-refractivity contribution in [2.24, 2.45) is 0 Å². The number of unbranched alkanes of at least 4 members (excludes halogenated alkanes) is 1. The van der Waals surface area contributed by atoms with Gasteiger partial charge in [-0.25, -0.2) is 18.0 Å². The first-order valence-corrected chi connectivity index (χ1v) is 14.5. The number of carbonyl (C=O) groups is 1. The number of Topliss-reactive ketones (excluding diaryl/α,β-unsaturated/α-hetero) is 1. The highest BCUT2D eigenvalue weighted by atomic mass is 35.5. The second-order valence-electron chi connectivity index (χ2n) is 8.37. The van der Waals surface area contributed by atoms with Crippen molar-refractivity contribution in [3.8, 4) is 5.75 Å². The molecule has 1 aromatic heterocycles. The minimum absolute atomic E-state index is 0.172. The lowest BCUT2D eigenvalue weighted by atomic mass is 10.1. The van der Waals surface area contributed by atoms with E-state index >= 15 is 0 Å². The lowest BCUT2D eigenvalue weighted by molar-refractivity contribution is 0.0934. The monoisotopic (exact) mass is 588 g/mol. The Morgan fingerprint density at radius 3 is 2.49 bits per heavy atom. The van der Waals surface area contributed by atoms with Gasteiger partial charge in [-0.1, -0.05) is 53.0 Å². The number of ketones is 1. The lowest BCUT2D eigenvalue weighted by Gasteiger charge is -2.14. The number of hydrogen-bond donors (Lipinski definition) is 2. The van der Waals surface area contributed by atoms with Crippen LogP contribution >= 0.6 is 35.0 Å². The summed E-state index contributed by atoms with van der Waals surface area (Å²) in [5.41, 5.74) is 1.90. The fourth-order valence-corrected chi connectivity index (χ4v) is 4.68. The van der Waals surface area contributed by atoms with Crippen molar-refractivity contribution in [1.82, 2.24) is 19.7 Å². The van der Waals surface area contributed by atoms with Crippen molar-refractivity contribution in [1.29, 1.82) is 0 Å². The summed E-state index contributed by atoms with van der Waals surface area (Å²) in [5, 5.41) is 4.79. The minimum atomic E-state index is -3.61. The second kappa shape index (κ2) is 14.1. The standard InChI is InChI=1S/C24H27Cl3N4O5S/c1-37(33,34)31-21(4-2-3-12-28-27)23(32)24-29-22(36-30-24)15-16-5-8-18(9-6-16)35-13-11-17-7-10-19(25)20(26)14-17/h5-10,14,21,28,31H,2-4,11-13,15H2,1H3/t21-/m0/s1. The molecule has 0 unspecified atom stereocenters. The average Bonchev–Trinajstić information content (AvgIpc) is 3.31. The molecule has 0 amide bonds. The smallest absolute Gasteiger partial charge is 0.240 e. The predicted octanol–water partition coefficient (Wildman–Crippen LogP) is 4.60. The molecule has 3 aromatic rings. The molecule has 0 radical (unpaired) electrons. The number of hydrogen-bond acceptors (Lipinski definition) is 8. The summed E-state index contributed by atoms with van der Waals surface area (Å²) in [4.78, 5) is 19.5. The molecular formula is C24H27Cl3N4O5S. The number of carbonyl (C=O) groups excluding carboxylic acids is 1. The van der Waals surface area contributed by atoms with Crippen LogP contribution in [-0.2, 0) is 22.9 Å². The predicted molar refractivity (Wildman–Crippen MR) is 143 cm³/mol. The molecule has 1 heterocycles. The number of sulfonamides is 1. The molecule has 0 fully saturated rings. The maximum atomic E-state index is 12.9. The van der Waals surface area contributed by atoms with Crippen molar-refractivity contribution in [3.63, 3.8) is 0 Å². The molecule has 0 saturated carbocycles. The Bertz CT molecular complexity index is 1290. The second-order valence-corrected chi connectivity index (χ2v) is 11.2. The SMILES string of the molecule is CS(=O)(=O)N[C@@H](CCCCNCl)C(=O)c1noc(Cc2ccc(OCCc3ccc(Cl)c(Cl)c3)cc2)n1. The largest absolute Gasteiger partial charge is 0.493 e. The number of nitrogens with one attached hydrogen (secondary N) is 2. The van der Waals surface area contributed by atoms with Crippen molar-refractivity contribution in [2.75, 3.05) is 19.4 Å². The first-order valence-electron chi connectivity index (χ1n) is 11.5. The van der Waals surface area contributed by atoms with E-state index in [-0.39, 0.29) is 18.1 Å². The van der Waals surface area contributed by atoms with E-state index in [1.807, 2.05) is 36.4 Å². The van der Waals surface area contributed by atoms with Crippen LogP contribution in [0.3, 0.4) is 0 Å². The van der Waals surface area contributed by atoms with Gasteiger partial charge >= 0.3 is 0 Å². The molecule has 13 heteroatoms. The molecule has 0 aliphatic rings. The van der Waals surface area contributed by atoms with Crippen LogP contribution < -0.4 is 14.3 Å². The van der Waals surface area contributed by atoms with E-state index in [1.165, 1.54) is 0 Å². The average molecular weight is 590 g/mol. The van der Waals surface area contributed by atoms with E-state index in [0.717, 1.165) is 17.4 Å². The topological polar surface area (TPSA) is 123 Å². The zero-order valence-electron chi connectivity index (χ0n) is 20.0. The Kier molecular flexibility index (Phi) is 11.2. The molecular weight excluding hydrogens is 563 g/mol. The molecule has 2 N–H and O–H groups in total. The molecule has 9 nitrogen and oxygen atoms in total. The molecule has 0 bridgehead atoms. The molecule has 0 spiro atoms. The Morgan fingerprint density at radius 2 is 1.81 bits per heavy atom. The zero-order valence-corrected chi connectivity index (χ0v) is 23.1. The quantitative estimate of drug-likeness (QED) is 0.150. The van der Waals surface area contributed by atoms with Crippen LogP contribution in [0.5, 0.6) is 5.75 Å². The first kappa shape index (κ1) is 29.3. The van der Waals surface area contributed by atoms with Gasteiger partial charge in [0.25, 0.3) is 0 Å². The number of nitrogens with zero attached hydrogens (tertiary/aromatic N) is 2. The summed E-state index contributed by atoms with van der Waals surface area (Å²) in [6.45, 7) is 1.01. The molecule has 3 rings (SSSR count). The number of ether oxygens (including phenoxy) is 1. The maximum absolute atomic E-state index is 12.9. The van der Waals surface area contributed by atoms with Gasteiger partial charge < -0.3 is 9.26 Å². The number of benzene rings is 2. The number of aromatic nitrogens is 2. The summed E-state index contributed by atoms with van der Waals surface area (Å²) in [6.07, 6.45) is 3.50. The Morgan fingerprint density at radius 1 is 1.08 bits per heavy atom. The number of halogens is 3. The van der Waals surface area contributed by atoms with E-state index < -0.39 is 21.8 Å². The van der Waals surface area contributed by atoms with Gasteiger partial charge in [-0.2, -0.15) is 4.98 Å². The number of rotatable bonds is 15. The fourth-order valence-electron chi connectivity index (χ4n) is 3.48. The third-order valence-electron chi connectivity index (χ3n) is 5.30. The van der Waals surface area contributed by atoms with Crippen LogP contribution in [0.15, 0.2) is 47.0 Å². The van der Waals surface area contributed by atoms with Gasteiger partial charge in [0.2, 0.25) is 27.5 Å². The lowest BCUT2D eigenvalue weighted by Crippen LogP contribution is -2.40. The van der Waals surface area contributed by atoms with Crippen LogP contribution in [0.25, 0.3) is 0 Å². The highest BCUT2D eigenvalue weighted by molar-refractivity contribution is 7.88. The Labute approximate surface area is 231 Å². The third-order valence-corrected chi connectivity index (χ3v) is 6.94. The van der Waals surface area contributed by atoms with Crippen LogP contribution in [0.2, 0.25) is 10.0 Å². The highest BCUT2D eigenvalue weighted by Gasteiger charge is 2.27. The van der Waals surface area contributed by atoms with Crippen LogP contribution in [0, 0.1) is 0 Å². The molecule has 0 saturated heterocycles. The van der Waals surface area contributed by atoms with E-state index in [1.54, 1.807) is 6.07 Å². The normalized spacial score (nSPS) is 12.4. The van der Waals surface area contributed by atoms with Gasteiger partial charge in [0.1, 0.15) is 5.75 Å². The van der Waals surface area contributed by atoms with Crippen molar-refractivity contribution in [2.45, 2.75) is 38.1 Å². The van der Waals surface area contributed by atoms with Crippen molar-refractivity contribution >= 4 is 50.8 Å².